The lowest BCUT2D eigenvalue weighted by Crippen LogP contribution is -2.20. The highest BCUT2D eigenvalue weighted by Crippen LogP contribution is 2.37. The van der Waals surface area contributed by atoms with Crippen molar-refractivity contribution < 1.29 is 0 Å². The molecule has 0 aliphatic heterocycles. The Labute approximate surface area is 84.1 Å². The van der Waals surface area contributed by atoms with Gasteiger partial charge in [0.05, 0.1) is 0 Å². The van der Waals surface area contributed by atoms with Gasteiger partial charge in [0.1, 0.15) is 0 Å². The molecule has 0 amide bonds. The molecule has 0 nitrogen and oxygen atoms in total. The second kappa shape index (κ2) is 4.48. The van der Waals surface area contributed by atoms with E-state index in [2.05, 4.69) is 27.7 Å². The van der Waals surface area contributed by atoms with Crippen LogP contribution in [0.5, 0.6) is 0 Å². The second-order valence-corrected chi connectivity index (χ2v) is 5.85. The van der Waals surface area contributed by atoms with Gasteiger partial charge in [0.2, 0.25) is 0 Å². The molecule has 1 aliphatic rings. The smallest absolute Gasteiger partial charge is 0.0354 e. The van der Waals surface area contributed by atoms with Crippen LogP contribution in [0.4, 0.5) is 0 Å². The van der Waals surface area contributed by atoms with Crippen LogP contribution in [0.15, 0.2) is 0 Å². The standard InChI is InChI=1S/C13H26/c1-5-13(3,4)10-12-8-6-11(2)7-9-12/h11-12H,5-10H2,1-4H3. The highest BCUT2D eigenvalue weighted by molar-refractivity contribution is 4.76. The summed E-state index contributed by atoms with van der Waals surface area (Å²) in [7, 11) is 0. The third-order valence-corrected chi connectivity index (χ3v) is 3.93. The van der Waals surface area contributed by atoms with Crippen LogP contribution in [0, 0.1) is 17.3 Å². The Hall–Kier alpha value is 0. The molecule has 13 heavy (non-hydrogen) atoms. The molecule has 0 aromatic heterocycles. The normalized spacial score (nSPS) is 30.5. The first-order valence-corrected chi connectivity index (χ1v) is 6.03. The molecule has 78 valence electrons. The van der Waals surface area contributed by atoms with Crippen molar-refractivity contribution in [3.05, 3.63) is 0 Å². The van der Waals surface area contributed by atoms with E-state index in [0.29, 0.717) is 5.41 Å². The molecule has 1 fully saturated rings. The first-order valence-electron chi connectivity index (χ1n) is 6.03. The molecular formula is C13H26. The predicted molar refractivity (Wildman–Crippen MR) is 59.8 cm³/mol. The molecular weight excluding hydrogens is 156 g/mol. The highest BCUT2D eigenvalue weighted by Gasteiger charge is 2.24. The van der Waals surface area contributed by atoms with Crippen molar-refractivity contribution in [2.24, 2.45) is 17.3 Å². The number of hydrogen-bond acceptors (Lipinski definition) is 0. The largest absolute Gasteiger partial charge is 0.0649 e. The number of hydrogen-bond donors (Lipinski definition) is 0. The Morgan fingerprint density at radius 3 is 2.08 bits per heavy atom. The summed E-state index contributed by atoms with van der Waals surface area (Å²) in [6, 6.07) is 0. The van der Waals surface area contributed by atoms with E-state index in [4.69, 9.17) is 0 Å². The Bertz CT molecular complexity index is 138. The zero-order valence-electron chi connectivity index (χ0n) is 9.90. The van der Waals surface area contributed by atoms with Crippen molar-refractivity contribution in [3.63, 3.8) is 0 Å². The quantitative estimate of drug-likeness (QED) is 0.596. The van der Waals surface area contributed by atoms with Gasteiger partial charge in [0.15, 0.2) is 0 Å². The minimum atomic E-state index is 0.589. The van der Waals surface area contributed by atoms with Crippen molar-refractivity contribution in [3.8, 4) is 0 Å². The maximum atomic E-state index is 2.42. The Kier molecular flexibility index (Phi) is 3.82. The summed E-state index contributed by atoms with van der Waals surface area (Å²) in [5.41, 5.74) is 0.589. The fourth-order valence-electron chi connectivity index (χ4n) is 2.46. The van der Waals surface area contributed by atoms with Gasteiger partial charge in [0.25, 0.3) is 0 Å². The van der Waals surface area contributed by atoms with Crippen LogP contribution < -0.4 is 0 Å². The van der Waals surface area contributed by atoms with Crippen LogP contribution in [0.25, 0.3) is 0 Å². The molecule has 0 heterocycles. The summed E-state index contributed by atoms with van der Waals surface area (Å²) >= 11 is 0. The molecule has 0 radical (unpaired) electrons. The molecule has 1 aliphatic carbocycles. The highest BCUT2D eigenvalue weighted by atomic mass is 14.3. The lowest BCUT2D eigenvalue weighted by Gasteiger charge is -2.32. The average molecular weight is 182 g/mol. The second-order valence-electron chi connectivity index (χ2n) is 5.85. The lowest BCUT2D eigenvalue weighted by atomic mass is 9.73. The molecule has 0 saturated heterocycles. The third kappa shape index (κ3) is 3.70. The van der Waals surface area contributed by atoms with E-state index in [-0.39, 0.29) is 0 Å². The Morgan fingerprint density at radius 2 is 1.62 bits per heavy atom. The van der Waals surface area contributed by atoms with Gasteiger partial charge in [-0.2, -0.15) is 0 Å². The van der Waals surface area contributed by atoms with Gasteiger partial charge in [0, 0.05) is 0 Å². The van der Waals surface area contributed by atoms with E-state index in [0.717, 1.165) is 11.8 Å². The first-order chi connectivity index (χ1) is 6.03. The fraction of sp³-hybridized carbons (Fsp3) is 1.00. The minimum Gasteiger partial charge on any atom is -0.0649 e. The van der Waals surface area contributed by atoms with E-state index < -0.39 is 0 Å². The van der Waals surface area contributed by atoms with E-state index >= 15 is 0 Å². The van der Waals surface area contributed by atoms with Crippen LogP contribution in [0.2, 0.25) is 0 Å². The van der Waals surface area contributed by atoms with Crippen molar-refractivity contribution in [2.75, 3.05) is 0 Å². The molecule has 1 rings (SSSR count). The van der Waals surface area contributed by atoms with Gasteiger partial charge in [-0.15, -0.1) is 0 Å². The summed E-state index contributed by atoms with van der Waals surface area (Å²) in [5, 5.41) is 0. The molecule has 0 N–H and O–H groups in total. The zero-order chi connectivity index (χ0) is 9.90. The van der Waals surface area contributed by atoms with Crippen LogP contribution in [-0.2, 0) is 0 Å². The minimum absolute atomic E-state index is 0.589. The summed E-state index contributed by atoms with van der Waals surface area (Å²) in [4.78, 5) is 0. The van der Waals surface area contributed by atoms with Gasteiger partial charge >= 0.3 is 0 Å². The van der Waals surface area contributed by atoms with Gasteiger partial charge in [-0.25, -0.2) is 0 Å². The van der Waals surface area contributed by atoms with Crippen molar-refractivity contribution >= 4 is 0 Å². The van der Waals surface area contributed by atoms with Gasteiger partial charge in [-0.1, -0.05) is 59.8 Å². The average Bonchev–Trinajstić information content (AvgIpc) is 2.09. The summed E-state index contributed by atoms with van der Waals surface area (Å²) in [5.74, 6) is 2.03. The van der Waals surface area contributed by atoms with Crippen LogP contribution >= 0.6 is 0 Å². The lowest BCUT2D eigenvalue weighted by molar-refractivity contribution is 0.194. The van der Waals surface area contributed by atoms with E-state index in [9.17, 15) is 0 Å². The molecule has 0 atom stereocenters. The SMILES string of the molecule is CCC(C)(C)CC1CCC(C)CC1. The molecule has 0 aromatic rings. The van der Waals surface area contributed by atoms with Crippen LogP contribution in [0.3, 0.4) is 0 Å². The monoisotopic (exact) mass is 182 g/mol. The number of rotatable bonds is 3. The Balaban J connectivity index is 2.30. The fourth-order valence-corrected chi connectivity index (χ4v) is 2.46. The Morgan fingerprint density at radius 1 is 1.08 bits per heavy atom. The summed E-state index contributed by atoms with van der Waals surface area (Å²) in [6.07, 6.45) is 8.72. The van der Waals surface area contributed by atoms with Crippen LogP contribution in [0.1, 0.15) is 66.2 Å². The topological polar surface area (TPSA) is 0 Å². The zero-order valence-corrected chi connectivity index (χ0v) is 9.90. The third-order valence-electron chi connectivity index (χ3n) is 3.93. The molecule has 0 spiro atoms. The summed E-state index contributed by atoms with van der Waals surface area (Å²) < 4.78 is 0. The molecule has 0 aromatic carbocycles. The maximum Gasteiger partial charge on any atom is -0.0354 e. The maximum absolute atomic E-state index is 2.42. The van der Waals surface area contributed by atoms with Crippen molar-refractivity contribution in [1.82, 2.24) is 0 Å². The molecule has 1 saturated carbocycles. The van der Waals surface area contributed by atoms with Crippen molar-refractivity contribution in [1.29, 1.82) is 0 Å². The summed E-state index contributed by atoms with van der Waals surface area (Å²) in [6.45, 7) is 9.57. The van der Waals surface area contributed by atoms with E-state index in [1.54, 1.807) is 0 Å². The van der Waals surface area contributed by atoms with Gasteiger partial charge < -0.3 is 0 Å². The first kappa shape index (κ1) is 11.1. The van der Waals surface area contributed by atoms with E-state index in [1.165, 1.54) is 38.5 Å². The molecule has 0 bridgehead atoms. The van der Waals surface area contributed by atoms with Gasteiger partial charge in [-0.3, -0.25) is 0 Å². The van der Waals surface area contributed by atoms with Crippen LogP contribution in [-0.4, -0.2) is 0 Å². The van der Waals surface area contributed by atoms with Gasteiger partial charge in [-0.05, 0) is 23.7 Å². The van der Waals surface area contributed by atoms with E-state index in [1.807, 2.05) is 0 Å². The van der Waals surface area contributed by atoms with Crippen molar-refractivity contribution in [2.45, 2.75) is 66.2 Å². The predicted octanol–water partition coefficient (Wildman–Crippen LogP) is 4.64. The molecule has 0 unspecified atom stereocenters. The molecule has 0 heteroatoms.